The molecule has 3 aliphatic rings. The number of aromatic nitrogens is 1. The second kappa shape index (κ2) is 10.3. The number of benzene rings is 1. The van der Waals surface area contributed by atoms with Crippen LogP contribution in [0.3, 0.4) is 0 Å². The molecule has 1 aromatic heterocycles. The van der Waals surface area contributed by atoms with Crippen molar-refractivity contribution in [2.24, 2.45) is 5.92 Å². The first-order valence-electron chi connectivity index (χ1n) is 11.9. The number of H-pyrrole nitrogens is 1. The molecule has 186 valence electrons. The molecule has 1 aromatic carbocycles. The molecule has 1 saturated heterocycles. The van der Waals surface area contributed by atoms with E-state index in [2.05, 4.69) is 54.2 Å². The van der Waals surface area contributed by atoms with Gasteiger partial charge in [0.2, 0.25) is 0 Å². The molecule has 8 heteroatoms. The number of nitrogens with zero attached hydrogens (tertiary/aromatic N) is 1. The first-order valence-corrected chi connectivity index (χ1v) is 12.2. The Kier molecular flexibility index (Phi) is 7.38. The van der Waals surface area contributed by atoms with Crippen LogP contribution in [0.5, 0.6) is 0 Å². The number of hydrogen-bond donors (Lipinski definition) is 3. The smallest absolute Gasteiger partial charge is 0.414 e. The highest BCUT2D eigenvalue weighted by atomic mass is 35.5. The van der Waals surface area contributed by atoms with Crippen LogP contribution in [0.25, 0.3) is 10.9 Å². The molecule has 0 saturated carbocycles. The molecule has 2 aromatic rings. The highest BCUT2D eigenvalue weighted by Crippen LogP contribution is 2.45. The van der Waals surface area contributed by atoms with Crippen LogP contribution in [0.2, 0.25) is 5.02 Å². The van der Waals surface area contributed by atoms with Crippen LogP contribution in [0.15, 0.2) is 59.5 Å². The summed E-state index contributed by atoms with van der Waals surface area (Å²) in [6.45, 7) is 7.63. The van der Waals surface area contributed by atoms with Crippen LogP contribution >= 0.6 is 11.6 Å². The molecule has 0 bridgehead atoms. The lowest BCUT2D eigenvalue weighted by atomic mass is 9.85. The van der Waals surface area contributed by atoms with Gasteiger partial charge in [-0.25, -0.2) is 9.59 Å². The molecule has 0 amide bonds. The molecular weight excluding hydrogens is 468 g/mol. The third-order valence-electron chi connectivity index (χ3n) is 6.71. The first-order chi connectivity index (χ1) is 16.6. The maximum atomic E-state index is 9.10. The Labute approximate surface area is 209 Å². The third-order valence-corrected chi connectivity index (χ3v) is 6.95. The van der Waals surface area contributed by atoms with E-state index < -0.39 is 11.9 Å². The Morgan fingerprint density at radius 2 is 2.03 bits per heavy atom. The summed E-state index contributed by atoms with van der Waals surface area (Å²) in [6.07, 6.45) is 13.6. The summed E-state index contributed by atoms with van der Waals surface area (Å²) in [6, 6.07) is 6.10. The fourth-order valence-corrected chi connectivity index (χ4v) is 5.25. The Morgan fingerprint density at radius 3 is 2.71 bits per heavy atom. The monoisotopic (exact) mass is 498 g/mol. The number of halogens is 1. The fraction of sp³-hybridized carbons (Fsp3) is 0.407. The molecule has 3 heterocycles. The van der Waals surface area contributed by atoms with Gasteiger partial charge in [-0.15, -0.1) is 0 Å². The van der Waals surface area contributed by atoms with E-state index in [1.54, 1.807) is 0 Å². The van der Waals surface area contributed by atoms with E-state index in [1.165, 1.54) is 27.9 Å². The van der Waals surface area contributed by atoms with Crippen molar-refractivity contribution in [3.05, 3.63) is 70.1 Å². The lowest BCUT2D eigenvalue weighted by molar-refractivity contribution is -0.159. The van der Waals surface area contributed by atoms with Crippen LogP contribution in [-0.4, -0.2) is 57.3 Å². The van der Waals surface area contributed by atoms with Crippen molar-refractivity contribution < 1.29 is 24.5 Å². The van der Waals surface area contributed by atoms with Crippen molar-refractivity contribution in [2.75, 3.05) is 19.6 Å². The number of carboxylic acids is 2. The zero-order valence-electron chi connectivity index (χ0n) is 20.0. The Balaban J connectivity index is 0.000000431. The number of fused-ring (bicyclic) bond motifs is 2. The van der Waals surface area contributed by atoms with E-state index in [4.69, 9.17) is 36.1 Å². The van der Waals surface area contributed by atoms with Crippen molar-refractivity contribution in [3.8, 4) is 0 Å². The molecule has 35 heavy (non-hydrogen) atoms. The summed E-state index contributed by atoms with van der Waals surface area (Å²) in [5, 5.41) is 16.8. The molecule has 1 fully saturated rings. The highest BCUT2D eigenvalue weighted by Gasteiger charge is 2.39. The minimum atomic E-state index is -1.82. The summed E-state index contributed by atoms with van der Waals surface area (Å²) in [5.74, 6) is -1.83. The van der Waals surface area contributed by atoms with E-state index in [1.807, 2.05) is 12.1 Å². The van der Waals surface area contributed by atoms with Gasteiger partial charge >= 0.3 is 11.9 Å². The van der Waals surface area contributed by atoms with Crippen LogP contribution in [0.4, 0.5) is 0 Å². The third kappa shape index (κ3) is 5.97. The lowest BCUT2D eigenvalue weighted by Gasteiger charge is -2.28. The van der Waals surface area contributed by atoms with E-state index in [-0.39, 0.29) is 5.60 Å². The Morgan fingerprint density at radius 1 is 1.26 bits per heavy atom. The van der Waals surface area contributed by atoms with Gasteiger partial charge in [-0.1, -0.05) is 35.9 Å². The zero-order chi connectivity index (χ0) is 25.2. The molecule has 0 radical (unpaired) electrons. The van der Waals surface area contributed by atoms with E-state index in [0.29, 0.717) is 5.92 Å². The fourth-order valence-electron chi connectivity index (χ4n) is 5.07. The Bertz CT molecular complexity index is 1210. The number of aromatic amines is 1. The van der Waals surface area contributed by atoms with Crippen LogP contribution < -0.4 is 0 Å². The summed E-state index contributed by atoms with van der Waals surface area (Å²) in [5.41, 5.74) is 5.30. The highest BCUT2D eigenvalue weighted by molar-refractivity contribution is 6.31. The number of aliphatic carboxylic acids is 2. The van der Waals surface area contributed by atoms with Gasteiger partial charge < -0.3 is 19.9 Å². The van der Waals surface area contributed by atoms with Gasteiger partial charge in [0, 0.05) is 53.2 Å². The molecular formula is C27H31ClN2O5. The second-order valence-electron chi connectivity index (χ2n) is 9.82. The Hall–Kier alpha value is -3.03. The summed E-state index contributed by atoms with van der Waals surface area (Å²) in [4.78, 5) is 24.1. The van der Waals surface area contributed by atoms with Gasteiger partial charge in [-0.2, -0.15) is 0 Å². The summed E-state index contributed by atoms with van der Waals surface area (Å²) >= 11 is 6.10. The second-order valence-corrected chi connectivity index (χ2v) is 10.3. The molecule has 0 spiro atoms. The number of carboxylic acid groups (broad SMARTS) is 2. The van der Waals surface area contributed by atoms with Gasteiger partial charge in [0.15, 0.2) is 0 Å². The van der Waals surface area contributed by atoms with Crippen LogP contribution in [0.1, 0.15) is 38.7 Å². The first kappa shape index (κ1) is 25.1. The van der Waals surface area contributed by atoms with E-state index >= 15 is 0 Å². The van der Waals surface area contributed by atoms with E-state index in [9.17, 15) is 0 Å². The number of ether oxygens (including phenoxy) is 1. The van der Waals surface area contributed by atoms with Crippen molar-refractivity contribution in [1.29, 1.82) is 0 Å². The quantitative estimate of drug-likeness (QED) is 0.502. The predicted octanol–water partition coefficient (Wildman–Crippen LogP) is 5.18. The minimum Gasteiger partial charge on any atom is -0.491 e. The normalized spacial score (nSPS) is 21.1. The maximum absolute atomic E-state index is 9.10. The van der Waals surface area contributed by atoms with Crippen LogP contribution in [-0.2, 0) is 20.7 Å². The molecule has 5 rings (SSSR count). The molecule has 3 N–H and O–H groups in total. The SMILES string of the molecule is CC1(C)CC2CC=CC(C3=CCN(CCc4c[nH]c5cc(Cl)ccc45)CC3)=C2O1.O=C(O)C(=O)O. The van der Waals surface area contributed by atoms with Crippen LogP contribution in [0, 0.1) is 5.92 Å². The van der Waals surface area contributed by atoms with Gasteiger partial charge in [0.05, 0.1) is 0 Å². The summed E-state index contributed by atoms with van der Waals surface area (Å²) < 4.78 is 6.35. The average molecular weight is 499 g/mol. The number of carbonyl (C=O) groups is 2. The topological polar surface area (TPSA) is 103 Å². The van der Waals surface area contributed by atoms with Gasteiger partial charge in [0.25, 0.3) is 0 Å². The maximum Gasteiger partial charge on any atom is 0.414 e. The van der Waals surface area contributed by atoms with Crippen molar-refractivity contribution in [2.45, 2.75) is 45.1 Å². The zero-order valence-corrected chi connectivity index (χ0v) is 20.8. The van der Waals surface area contributed by atoms with Crippen molar-refractivity contribution in [3.63, 3.8) is 0 Å². The number of nitrogens with one attached hydrogen (secondary N) is 1. The van der Waals surface area contributed by atoms with E-state index in [0.717, 1.165) is 55.9 Å². The van der Waals surface area contributed by atoms with Gasteiger partial charge in [0.1, 0.15) is 11.4 Å². The lowest BCUT2D eigenvalue weighted by Crippen LogP contribution is -2.31. The molecule has 2 aliphatic heterocycles. The molecule has 1 unspecified atom stereocenters. The largest absolute Gasteiger partial charge is 0.491 e. The van der Waals surface area contributed by atoms with Crippen molar-refractivity contribution in [1.82, 2.24) is 9.88 Å². The van der Waals surface area contributed by atoms with Gasteiger partial charge in [-0.05, 0) is 62.8 Å². The van der Waals surface area contributed by atoms with Gasteiger partial charge in [-0.3, -0.25) is 4.90 Å². The molecule has 1 atom stereocenters. The standard InChI is InChI=1S/C25H29ClN2O.C2H2O4/c1-25(2)15-18-4-3-5-22(24(18)29-25)17-8-11-28(12-9-17)13-10-19-16-27-23-14-20(26)6-7-21(19)23;3-1(4)2(5)6/h3,5-8,14,16,18,27H,4,9-13,15H2,1-2H3;(H,3,4)(H,5,6). The number of hydrogen-bond acceptors (Lipinski definition) is 4. The number of rotatable bonds is 4. The molecule has 7 nitrogen and oxygen atoms in total. The number of allylic oxidation sites excluding steroid dienone is 4. The predicted molar refractivity (Wildman–Crippen MR) is 135 cm³/mol. The molecule has 1 aliphatic carbocycles. The minimum absolute atomic E-state index is 0.0257. The average Bonchev–Trinajstić information content (AvgIpc) is 3.36. The van der Waals surface area contributed by atoms with Crippen molar-refractivity contribution >= 4 is 34.4 Å². The summed E-state index contributed by atoms with van der Waals surface area (Å²) in [7, 11) is 0.